The number of phenols is 4. The molecule has 0 aliphatic rings. The second kappa shape index (κ2) is 5.52. The lowest BCUT2D eigenvalue weighted by Gasteiger charge is -2.08. The van der Waals surface area contributed by atoms with Gasteiger partial charge in [0.1, 0.15) is 28.8 Å². The molecule has 20 heavy (non-hydrogen) atoms. The quantitative estimate of drug-likeness (QED) is 0.682. The van der Waals surface area contributed by atoms with Crippen molar-refractivity contribution >= 4 is 5.78 Å². The summed E-state index contributed by atoms with van der Waals surface area (Å²) < 4.78 is 0. The molecule has 2 aromatic rings. The Kier molecular flexibility index (Phi) is 3.79. The molecule has 0 fully saturated rings. The summed E-state index contributed by atoms with van der Waals surface area (Å²) in [4.78, 5) is 11.9. The van der Waals surface area contributed by atoms with Gasteiger partial charge in [0.25, 0.3) is 0 Å². The van der Waals surface area contributed by atoms with Crippen molar-refractivity contribution in [2.45, 2.75) is 12.8 Å². The Morgan fingerprint density at radius 1 is 0.700 bits per heavy atom. The first kappa shape index (κ1) is 13.7. The van der Waals surface area contributed by atoms with Crippen molar-refractivity contribution < 1.29 is 25.2 Å². The van der Waals surface area contributed by atoms with Crippen LogP contribution in [0.3, 0.4) is 0 Å². The normalized spacial score (nSPS) is 10.4. The largest absolute Gasteiger partial charge is 0.508 e. The summed E-state index contributed by atoms with van der Waals surface area (Å²) in [5, 5.41) is 38.4. The minimum Gasteiger partial charge on any atom is -0.508 e. The molecule has 4 N–H and O–H groups in total. The van der Waals surface area contributed by atoms with Crippen LogP contribution in [0.25, 0.3) is 0 Å². The van der Waals surface area contributed by atoms with Crippen molar-refractivity contribution in [1.29, 1.82) is 0 Å². The van der Waals surface area contributed by atoms with Gasteiger partial charge in [0.15, 0.2) is 0 Å². The lowest BCUT2D eigenvalue weighted by molar-refractivity contribution is -0.117. The van der Waals surface area contributed by atoms with E-state index in [-0.39, 0.29) is 52.7 Å². The average Bonchev–Trinajstić information content (AvgIpc) is 2.39. The Morgan fingerprint density at radius 3 is 1.30 bits per heavy atom. The minimum atomic E-state index is -0.349. The molecule has 5 nitrogen and oxygen atoms in total. The number of aromatic hydroxyl groups is 4. The van der Waals surface area contributed by atoms with Gasteiger partial charge in [-0.1, -0.05) is 12.1 Å². The molecular formula is C15H14O5. The number of hydrogen-bond donors (Lipinski definition) is 4. The lowest BCUT2D eigenvalue weighted by Crippen LogP contribution is -2.07. The van der Waals surface area contributed by atoms with E-state index in [0.29, 0.717) is 0 Å². The van der Waals surface area contributed by atoms with Crippen LogP contribution < -0.4 is 0 Å². The number of benzene rings is 2. The van der Waals surface area contributed by atoms with Crippen LogP contribution >= 0.6 is 0 Å². The molecule has 0 amide bonds. The van der Waals surface area contributed by atoms with Crippen LogP contribution in [0.4, 0.5) is 0 Å². The summed E-state index contributed by atoms with van der Waals surface area (Å²) in [6.45, 7) is 0. The first-order valence-corrected chi connectivity index (χ1v) is 6.00. The number of rotatable bonds is 4. The molecule has 0 aliphatic carbocycles. The summed E-state index contributed by atoms with van der Waals surface area (Å²) in [6, 6.07) is 8.43. The number of carbonyl (C=O) groups is 1. The highest BCUT2D eigenvalue weighted by Crippen LogP contribution is 2.30. The van der Waals surface area contributed by atoms with Crippen LogP contribution in [0, 0.1) is 0 Å². The number of Topliss-reactive ketones (excluding diaryl/α,β-unsaturated/α-hetero) is 1. The van der Waals surface area contributed by atoms with Crippen molar-refractivity contribution in [1.82, 2.24) is 0 Å². The molecule has 0 saturated carbocycles. The zero-order valence-electron chi connectivity index (χ0n) is 10.6. The summed E-state index contributed by atoms with van der Waals surface area (Å²) in [6.07, 6.45) is -0.376. The standard InChI is InChI=1S/C15H14O5/c16-9(7-10-12(17)3-1-4-13(10)18)8-11-14(19)5-2-6-15(11)20/h1-6,17-20H,7-8H2. The molecule has 0 aliphatic heterocycles. The first-order valence-electron chi connectivity index (χ1n) is 6.00. The smallest absolute Gasteiger partial charge is 0.142 e. The van der Waals surface area contributed by atoms with Crippen LogP contribution in [-0.4, -0.2) is 26.2 Å². The van der Waals surface area contributed by atoms with Crippen molar-refractivity contribution in [3.05, 3.63) is 47.5 Å². The molecule has 0 heterocycles. The summed E-state index contributed by atoms with van der Waals surface area (Å²) in [5.74, 6) is -1.02. The van der Waals surface area contributed by atoms with Gasteiger partial charge in [-0.05, 0) is 24.3 Å². The predicted molar refractivity (Wildman–Crippen MR) is 72.0 cm³/mol. The maximum Gasteiger partial charge on any atom is 0.142 e. The van der Waals surface area contributed by atoms with Gasteiger partial charge in [-0.3, -0.25) is 4.79 Å². The highest BCUT2D eigenvalue weighted by atomic mass is 16.3. The molecule has 0 spiro atoms. The van der Waals surface area contributed by atoms with Gasteiger partial charge in [-0.2, -0.15) is 0 Å². The third-order valence-electron chi connectivity index (χ3n) is 3.00. The van der Waals surface area contributed by atoms with Crippen LogP contribution in [0.2, 0.25) is 0 Å². The Balaban J connectivity index is 2.18. The molecule has 2 aromatic carbocycles. The highest BCUT2D eigenvalue weighted by Gasteiger charge is 2.16. The minimum absolute atomic E-state index is 0.132. The SMILES string of the molecule is O=C(Cc1c(O)cccc1O)Cc1c(O)cccc1O. The van der Waals surface area contributed by atoms with Gasteiger partial charge >= 0.3 is 0 Å². The van der Waals surface area contributed by atoms with Crippen LogP contribution in [0.5, 0.6) is 23.0 Å². The van der Waals surface area contributed by atoms with E-state index >= 15 is 0 Å². The Hall–Kier alpha value is -2.69. The molecule has 0 radical (unpaired) electrons. The molecule has 0 aromatic heterocycles. The highest BCUT2D eigenvalue weighted by molar-refractivity contribution is 5.85. The molecule has 104 valence electrons. The van der Waals surface area contributed by atoms with Gasteiger partial charge in [-0.25, -0.2) is 0 Å². The fourth-order valence-corrected chi connectivity index (χ4v) is 1.94. The second-order valence-corrected chi connectivity index (χ2v) is 4.44. The van der Waals surface area contributed by atoms with Gasteiger partial charge in [0, 0.05) is 24.0 Å². The van der Waals surface area contributed by atoms with E-state index in [1.165, 1.54) is 36.4 Å². The van der Waals surface area contributed by atoms with E-state index in [2.05, 4.69) is 0 Å². The summed E-state index contributed by atoms with van der Waals surface area (Å²) in [7, 11) is 0. The Labute approximate surface area is 115 Å². The van der Waals surface area contributed by atoms with Gasteiger partial charge in [0.05, 0.1) is 0 Å². The average molecular weight is 274 g/mol. The fourth-order valence-electron chi connectivity index (χ4n) is 1.94. The van der Waals surface area contributed by atoms with Crippen LogP contribution in [-0.2, 0) is 17.6 Å². The van der Waals surface area contributed by atoms with E-state index in [4.69, 9.17) is 0 Å². The number of hydrogen-bond acceptors (Lipinski definition) is 5. The fraction of sp³-hybridized carbons (Fsp3) is 0.133. The topological polar surface area (TPSA) is 98.0 Å². The molecule has 0 saturated heterocycles. The van der Waals surface area contributed by atoms with Gasteiger partial charge in [0.2, 0.25) is 0 Å². The Morgan fingerprint density at radius 2 is 1.00 bits per heavy atom. The monoisotopic (exact) mass is 274 g/mol. The van der Waals surface area contributed by atoms with Gasteiger partial charge < -0.3 is 20.4 Å². The van der Waals surface area contributed by atoms with Crippen LogP contribution in [0.15, 0.2) is 36.4 Å². The molecule has 0 bridgehead atoms. The van der Waals surface area contributed by atoms with Crippen molar-refractivity contribution in [2.24, 2.45) is 0 Å². The van der Waals surface area contributed by atoms with E-state index in [9.17, 15) is 25.2 Å². The maximum absolute atomic E-state index is 11.9. The third-order valence-corrected chi connectivity index (χ3v) is 3.00. The molecule has 2 rings (SSSR count). The first-order chi connectivity index (χ1) is 9.49. The molecule has 0 unspecified atom stereocenters. The number of carbonyl (C=O) groups excluding carboxylic acids is 1. The zero-order valence-corrected chi connectivity index (χ0v) is 10.6. The maximum atomic E-state index is 11.9. The van der Waals surface area contributed by atoms with Crippen molar-refractivity contribution in [3.63, 3.8) is 0 Å². The number of ketones is 1. The molecule has 0 atom stereocenters. The Bertz CT molecular complexity index is 553. The second-order valence-electron chi connectivity index (χ2n) is 4.44. The van der Waals surface area contributed by atoms with Crippen molar-refractivity contribution in [3.8, 4) is 23.0 Å². The molecular weight excluding hydrogens is 260 g/mol. The lowest BCUT2D eigenvalue weighted by atomic mass is 10.0. The van der Waals surface area contributed by atoms with E-state index in [0.717, 1.165) is 0 Å². The summed E-state index contributed by atoms with van der Waals surface area (Å²) >= 11 is 0. The zero-order chi connectivity index (χ0) is 14.7. The number of phenolic OH excluding ortho intramolecular Hbond substituents is 4. The van der Waals surface area contributed by atoms with Gasteiger partial charge in [-0.15, -0.1) is 0 Å². The predicted octanol–water partition coefficient (Wildman–Crippen LogP) is 1.86. The van der Waals surface area contributed by atoms with E-state index in [1.807, 2.05) is 0 Å². The van der Waals surface area contributed by atoms with Crippen molar-refractivity contribution in [2.75, 3.05) is 0 Å². The summed E-state index contributed by atoms with van der Waals surface area (Å²) in [5.41, 5.74) is 0.264. The van der Waals surface area contributed by atoms with Crippen LogP contribution in [0.1, 0.15) is 11.1 Å². The van der Waals surface area contributed by atoms with E-state index in [1.54, 1.807) is 0 Å². The third kappa shape index (κ3) is 2.83. The molecule has 5 heteroatoms. The van der Waals surface area contributed by atoms with E-state index < -0.39 is 0 Å².